The van der Waals surface area contributed by atoms with E-state index in [1.165, 1.54) is 11.1 Å². The SMILES string of the molecule is O=Cc1ccccc1C=NN(Cc1ccccc1)Cc1ccccc1. The Balaban J connectivity index is 1.82. The molecule has 0 unspecified atom stereocenters. The normalized spacial score (nSPS) is 10.7. The van der Waals surface area contributed by atoms with Crippen LogP contribution >= 0.6 is 0 Å². The van der Waals surface area contributed by atoms with Gasteiger partial charge >= 0.3 is 0 Å². The Kier molecular flexibility index (Phi) is 5.73. The van der Waals surface area contributed by atoms with Gasteiger partial charge in [0.1, 0.15) is 0 Å². The van der Waals surface area contributed by atoms with E-state index in [2.05, 4.69) is 29.4 Å². The number of hydrazone groups is 1. The fourth-order valence-electron chi connectivity index (χ4n) is 2.61. The molecular weight excluding hydrogens is 308 g/mol. The topological polar surface area (TPSA) is 32.7 Å². The maximum Gasteiger partial charge on any atom is 0.150 e. The van der Waals surface area contributed by atoms with Gasteiger partial charge in [-0.3, -0.25) is 9.80 Å². The molecule has 124 valence electrons. The lowest BCUT2D eigenvalue weighted by molar-refractivity contribution is 0.112. The van der Waals surface area contributed by atoms with E-state index in [0.717, 1.165) is 11.8 Å². The van der Waals surface area contributed by atoms with Crippen LogP contribution in [0.1, 0.15) is 27.0 Å². The van der Waals surface area contributed by atoms with E-state index >= 15 is 0 Å². The molecule has 0 aliphatic heterocycles. The van der Waals surface area contributed by atoms with Crippen LogP contribution in [0.2, 0.25) is 0 Å². The molecule has 3 aromatic carbocycles. The Bertz CT molecular complexity index is 787. The molecule has 25 heavy (non-hydrogen) atoms. The van der Waals surface area contributed by atoms with Crippen molar-refractivity contribution in [1.29, 1.82) is 0 Å². The predicted octanol–water partition coefficient (Wildman–Crippen LogP) is 4.54. The van der Waals surface area contributed by atoms with Crippen molar-refractivity contribution in [3.8, 4) is 0 Å². The standard InChI is InChI=1S/C22H20N2O/c25-18-22-14-8-7-13-21(22)15-23-24(16-19-9-3-1-4-10-19)17-20-11-5-2-6-12-20/h1-15,18H,16-17H2. The molecule has 0 saturated carbocycles. The van der Waals surface area contributed by atoms with Crippen LogP contribution in [0.25, 0.3) is 0 Å². The van der Waals surface area contributed by atoms with Crippen molar-refractivity contribution in [2.75, 3.05) is 0 Å². The van der Waals surface area contributed by atoms with Crippen LogP contribution in [0.4, 0.5) is 0 Å². The van der Waals surface area contributed by atoms with E-state index in [9.17, 15) is 4.79 Å². The molecule has 0 N–H and O–H groups in total. The van der Waals surface area contributed by atoms with E-state index in [4.69, 9.17) is 0 Å². The molecule has 0 amide bonds. The lowest BCUT2D eigenvalue weighted by Gasteiger charge is -2.19. The molecule has 0 saturated heterocycles. The zero-order valence-electron chi connectivity index (χ0n) is 14.0. The van der Waals surface area contributed by atoms with Crippen LogP contribution in [0.15, 0.2) is 90.0 Å². The van der Waals surface area contributed by atoms with Gasteiger partial charge in [-0.1, -0.05) is 84.9 Å². The van der Waals surface area contributed by atoms with Gasteiger partial charge in [0.05, 0.1) is 19.3 Å². The molecule has 0 aliphatic carbocycles. The van der Waals surface area contributed by atoms with Crippen molar-refractivity contribution in [3.05, 3.63) is 107 Å². The van der Waals surface area contributed by atoms with Gasteiger partial charge in [0.25, 0.3) is 0 Å². The van der Waals surface area contributed by atoms with Crippen LogP contribution < -0.4 is 0 Å². The lowest BCUT2D eigenvalue weighted by atomic mass is 10.1. The van der Waals surface area contributed by atoms with Gasteiger partial charge in [0.2, 0.25) is 0 Å². The Labute approximate surface area is 148 Å². The highest BCUT2D eigenvalue weighted by Crippen LogP contribution is 2.11. The molecule has 0 aromatic heterocycles. The van der Waals surface area contributed by atoms with Crippen LogP contribution in [0.3, 0.4) is 0 Å². The quantitative estimate of drug-likeness (QED) is 0.362. The summed E-state index contributed by atoms with van der Waals surface area (Å²) < 4.78 is 0. The summed E-state index contributed by atoms with van der Waals surface area (Å²) in [5.74, 6) is 0. The predicted molar refractivity (Wildman–Crippen MR) is 102 cm³/mol. The molecule has 0 heterocycles. The zero-order chi connectivity index (χ0) is 17.3. The number of hydrogen-bond acceptors (Lipinski definition) is 3. The van der Waals surface area contributed by atoms with E-state index in [1.54, 1.807) is 12.3 Å². The third-order valence-corrected chi connectivity index (χ3v) is 3.90. The summed E-state index contributed by atoms with van der Waals surface area (Å²) in [5, 5.41) is 6.65. The second-order valence-corrected chi connectivity index (χ2v) is 5.79. The van der Waals surface area contributed by atoms with Crippen LogP contribution in [-0.4, -0.2) is 17.5 Å². The summed E-state index contributed by atoms with van der Waals surface area (Å²) in [6.07, 6.45) is 2.62. The number of hydrogen-bond donors (Lipinski definition) is 0. The minimum Gasteiger partial charge on any atom is -0.298 e. The average molecular weight is 328 g/mol. The summed E-state index contributed by atoms with van der Waals surface area (Å²) in [6, 6.07) is 28.0. The van der Waals surface area contributed by atoms with E-state index in [1.807, 2.05) is 59.6 Å². The summed E-state index contributed by atoms with van der Waals surface area (Å²) >= 11 is 0. The van der Waals surface area contributed by atoms with Gasteiger partial charge in [0, 0.05) is 11.1 Å². The van der Waals surface area contributed by atoms with E-state index < -0.39 is 0 Å². The first kappa shape index (κ1) is 16.7. The van der Waals surface area contributed by atoms with Crippen molar-refractivity contribution < 1.29 is 4.79 Å². The van der Waals surface area contributed by atoms with Gasteiger partial charge in [-0.25, -0.2) is 0 Å². The fraction of sp³-hybridized carbons (Fsp3) is 0.0909. The summed E-state index contributed by atoms with van der Waals surface area (Å²) in [7, 11) is 0. The number of carbonyl (C=O) groups is 1. The molecule has 0 bridgehead atoms. The largest absolute Gasteiger partial charge is 0.298 e. The highest BCUT2D eigenvalue weighted by molar-refractivity contribution is 5.92. The van der Waals surface area contributed by atoms with Crippen molar-refractivity contribution in [2.45, 2.75) is 13.1 Å². The summed E-state index contributed by atoms with van der Waals surface area (Å²) in [4.78, 5) is 11.2. The van der Waals surface area contributed by atoms with Crippen molar-refractivity contribution in [3.63, 3.8) is 0 Å². The van der Waals surface area contributed by atoms with Crippen molar-refractivity contribution in [1.82, 2.24) is 5.01 Å². The number of rotatable bonds is 7. The van der Waals surface area contributed by atoms with Gasteiger partial charge < -0.3 is 0 Å². The van der Waals surface area contributed by atoms with E-state index in [-0.39, 0.29) is 0 Å². The van der Waals surface area contributed by atoms with Crippen LogP contribution in [0, 0.1) is 0 Å². The third-order valence-electron chi connectivity index (χ3n) is 3.90. The minimum atomic E-state index is 0.644. The fourth-order valence-corrected chi connectivity index (χ4v) is 2.61. The average Bonchev–Trinajstić information content (AvgIpc) is 2.68. The molecular formula is C22H20N2O. The molecule has 3 aromatic rings. The smallest absolute Gasteiger partial charge is 0.150 e. The second kappa shape index (κ2) is 8.60. The van der Waals surface area contributed by atoms with Crippen molar-refractivity contribution >= 4 is 12.5 Å². The Hall–Kier alpha value is -3.20. The highest BCUT2D eigenvalue weighted by atomic mass is 16.1. The summed E-state index contributed by atoms with van der Waals surface area (Å²) in [5.41, 5.74) is 3.85. The van der Waals surface area contributed by atoms with Gasteiger partial charge in [-0.15, -0.1) is 0 Å². The highest BCUT2D eigenvalue weighted by Gasteiger charge is 2.05. The number of aldehydes is 1. The van der Waals surface area contributed by atoms with E-state index in [0.29, 0.717) is 18.7 Å². The maximum atomic E-state index is 11.2. The van der Waals surface area contributed by atoms with Crippen LogP contribution in [0.5, 0.6) is 0 Å². The molecule has 0 spiro atoms. The third kappa shape index (κ3) is 4.88. The summed E-state index contributed by atoms with van der Waals surface area (Å²) in [6.45, 7) is 1.41. The number of nitrogens with zero attached hydrogens (tertiary/aromatic N) is 2. The van der Waals surface area contributed by atoms with Gasteiger partial charge in [-0.05, 0) is 11.1 Å². The van der Waals surface area contributed by atoms with Gasteiger partial charge in [0.15, 0.2) is 6.29 Å². The Morgan fingerprint density at radius 2 is 1.16 bits per heavy atom. The molecule has 3 rings (SSSR count). The zero-order valence-corrected chi connectivity index (χ0v) is 14.0. The molecule has 3 heteroatoms. The monoisotopic (exact) mass is 328 g/mol. The van der Waals surface area contributed by atoms with Gasteiger partial charge in [-0.2, -0.15) is 5.10 Å². The van der Waals surface area contributed by atoms with Crippen molar-refractivity contribution in [2.24, 2.45) is 5.10 Å². The lowest BCUT2D eigenvalue weighted by Crippen LogP contribution is -2.17. The molecule has 0 atom stereocenters. The first-order valence-corrected chi connectivity index (χ1v) is 8.26. The number of benzene rings is 3. The number of carbonyl (C=O) groups excluding carboxylic acids is 1. The minimum absolute atomic E-state index is 0.644. The maximum absolute atomic E-state index is 11.2. The Morgan fingerprint density at radius 3 is 1.68 bits per heavy atom. The Morgan fingerprint density at radius 1 is 0.680 bits per heavy atom. The molecule has 3 nitrogen and oxygen atoms in total. The first-order valence-electron chi connectivity index (χ1n) is 8.26. The molecule has 0 aliphatic rings. The molecule has 0 radical (unpaired) electrons. The molecule has 0 fully saturated rings. The first-order chi connectivity index (χ1) is 12.3. The second-order valence-electron chi connectivity index (χ2n) is 5.79. The van der Waals surface area contributed by atoms with Crippen LogP contribution in [-0.2, 0) is 13.1 Å².